The maximum Gasteiger partial charge on any atom is 0.121 e. The van der Waals surface area contributed by atoms with Gasteiger partial charge in [0.15, 0.2) is 0 Å². The molecule has 194 valence electrons. The van der Waals surface area contributed by atoms with E-state index in [9.17, 15) is 0 Å². The van der Waals surface area contributed by atoms with E-state index in [2.05, 4.69) is 110 Å². The Morgan fingerprint density at radius 1 is 0.390 bits per heavy atom. The molecule has 0 aliphatic carbocycles. The number of methoxy groups -OCH3 is 2. The molecule has 0 saturated carbocycles. The van der Waals surface area contributed by atoms with Crippen LogP contribution in [0.15, 0.2) is 103 Å². The van der Waals surface area contributed by atoms with E-state index in [0.29, 0.717) is 0 Å². The van der Waals surface area contributed by atoms with Gasteiger partial charge in [-0.15, -0.1) is 0 Å². The Hall–Kier alpha value is -5.08. The van der Waals surface area contributed by atoms with E-state index in [0.717, 1.165) is 17.1 Å². The zero-order valence-corrected chi connectivity index (χ0v) is 23.1. The minimum Gasteiger partial charge on any atom is -0.497 e. The highest BCUT2D eigenvalue weighted by Crippen LogP contribution is 2.50. The van der Waals surface area contributed by atoms with Crippen LogP contribution in [0.1, 0.15) is 5.56 Å². The maximum atomic E-state index is 5.67. The molecule has 0 heterocycles. The highest BCUT2D eigenvalue weighted by Gasteiger charge is 2.22. The molecule has 0 aliphatic heterocycles. The van der Waals surface area contributed by atoms with Crippen molar-refractivity contribution in [3.8, 4) is 22.6 Å². The molecule has 0 amide bonds. The Morgan fingerprint density at radius 2 is 0.878 bits per heavy atom. The number of aryl methyl sites for hydroxylation is 1. The van der Waals surface area contributed by atoms with Crippen LogP contribution in [-0.2, 0) is 0 Å². The smallest absolute Gasteiger partial charge is 0.121 e. The lowest BCUT2D eigenvalue weighted by Gasteiger charge is -2.22. The van der Waals surface area contributed by atoms with Gasteiger partial charge in [-0.25, -0.2) is 0 Å². The maximum absolute atomic E-state index is 5.67. The van der Waals surface area contributed by atoms with Crippen molar-refractivity contribution in [2.75, 3.05) is 14.2 Å². The second-order valence-corrected chi connectivity index (χ2v) is 11.2. The Kier molecular flexibility index (Phi) is 4.42. The summed E-state index contributed by atoms with van der Waals surface area (Å²) in [5.41, 5.74) is 3.56. The number of benzene rings is 9. The van der Waals surface area contributed by atoms with Crippen molar-refractivity contribution in [2.45, 2.75) is 6.92 Å². The molecule has 0 spiro atoms. The third kappa shape index (κ3) is 2.87. The Labute approximate surface area is 237 Å². The average Bonchev–Trinajstić information content (AvgIpc) is 3.03. The van der Waals surface area contributed by atoms with Crippen molar-refractivity contribution in [1.29, 1.82) is 0 Å². The number of hydrogen-bond acceptors (Lipinski definition) is 2. The van der Waals surface area contributed by atoms with E-state index in [1.807, 2.05) is 0 Å². The quantitative estimate of drug-likeness (QED) is 0.168. The fraction of sp³-hybridized carbons (Fsp3) is 0.0769. The first kappa shape index (κ1) is 22.7. The van der Waals surface area contributed by atoms with Crippen LogP contribution in [0, 0.1) is 6.92 Å². The van der Waals surface area contributed by atoms with E-state index in [1.165, 1.54) is 86.5 Å². The first-order valence-electron chi connectivity index (χ1n) is 14.1. The van der Waals surface area contributed by atoms with Gasteiger partial charge in [-0.05, 0) is 129 Å². The summed E-state index contributed by atoms with van der Waals surface area (Å²) in [7, 11) is 3.47. The summed E-state index contributed by atoms with van der Waals surface area (Å²) in [5.74, 6) is 1.80. The molecule has 9 aromatic carbocycles. The van der Waals surface area contributed by atoms with Crippen molar-refractivity contribution in [1.82, 2.24) is 0 Å². The van der Waals surface area contributed by atoms with Gasteiger partial charge in [-0.1, -0.05) is 72.8 Å². The van der Waals surface area contributed by atoms with E-state index >= 15 is 0 Å². The standard InChI is InChI=1S/C39H26O2/c1-21-18-22(11-17-35(21)41-3)23-10-13-25-31-15-16-32-34-20-24(40-2)12-14-26(34)27-6-4-7-28-29-8-5-9-30(33(25)19-23)37(29)38(31)39(32)36(27)28/h4-20H,1-3H3. The zero-order valence-electron chi connectivity index (χ0n) is 23.1. The van der Waals surface area contributed by atoms with Gasteiger partial charge in [0.25, 0.3) is 0 Å². The van der Waals surface area contributed by atoms with Crippen molar-refractivity contribution >= 4 is 75.4 Å². The predicted molar refractivity (Wildman–Crippen MR) is 175 cm³/mol. The molecule has 0 saturated heterocycles. The van der Waals surface area contributed by atoms with Crippen molar-refractivity contribution < 1.29 is 9.47 Å². The van der Waals surface area contributed by atoms with Crippen LogP contribution < -0.4 is 9.47 Å². The predicted octanol–water partition coefficient (Wildman–Crippen LogP) is 10.6. The van der Waals surface area contributed by atoms with Crippen molar-refractivity contribution in [3.63, 3.8) is 0 Å². The molecule has 2 heteroatoms. The Morgan fingerprint density at radius 3 is 1.51 bits per heavy atom. The van der Waals surface area contributed by atoms with Gasteiger partial charge >= 0.3 is 0 Å². The summed E-state index contributed by atoms with van der Waals surface area (Å²) < 4.78 is 11.2. The minimum absolute atomic E-state index is 0.886. The SMILES string of the molecule is COc1ccc2c(c1)c1ccc3c4ccc(-c5ccc(OC)c(C)c5)cc4c4cccc5c6cccc2c6c1c3c45. The second kappa shape index (κ2) is 7.99. The minimum atomic E-state index is 0.886. The molecule has 0 N–H and O–H groups in total. The molecule has 0 bridgehead atoms. The first-order valence-corrected chi connectivity index (χ1v) is 14.1. The monoisotopic (exact) mass is 526 g/mol. The van der Waals surface area contributed by atoms with Gasteiger partial charge in [-0.3, -0.25) is 0 Å². The molecule has 0 aliphatic rings. The van der Waals surface area contributed by atoms with Crippen LogP contribution in [0.2, 0.25) is 0 Å². The van der Waals surface area contributed by atoms with E-state index in [-0.39, 0.29) is 0 Å². The Balaban J connectivity index is 1.50. The second-order valence-electron chi connectivity index (χ2n) is 11.2. The number of fused-ring (bicyclic) bond motifs is 7. The first-order chi connectivity index (χ1) is 20.2. The van der Waals surface area contributed by atoms with Crippen LogP contribution in [0.5, 0.6) is 11.5 Å². The largest absolute Gasteiger partial charge is 0.497 e. The summed E-state index contributed by atoms with van der Waals surface area (Å²) in [4.78, 5) is 0. The lowest BCUT2D eigenvalue weighted by molar-refractivity contribution is 0.412. The van der Waals surface area contributed by atoms with E-state index in [1.54, 1.807) is 14.2 Å². The van der Waals surface area contributed by atoms with Crippen LogP contribution in [0.3, 0.4) is 0 Å². The fourth-order valence-corrected chi connectivity index (χ4v) is 7.46. The number of ether oxygens (including phenoxy) is 2. The van der Waals surface area contributed by atoms with Gasteiger partial charge in [0.05, 0.1) is 14.2 Å². The highest BCUT2D eigenvalue weighted by molar-refractivity contribution is 6.47. The van der Waals surface area contributed by atoms with Crippen LogP contribution in [-0.4, -0.2) is 14.2 Å². The molecule has 0 atom stereocenters. The summed E-state index contributed by atoms with van der Waals surface area (Å²) in [6.07, 6.45) is 0. The molecule has 0 unspecified atom stereocenters. The molecule has 41 heavy (non-hydrogen) atoms. The third-order valence-electron chi connectivity index (χ3n) is 9.26. The fourth-order valence-electron chi connectivity index (χ4n) is 7.46. The van der Waals surface area contributed by atoms with Crippen molar-refractivity contribution in [3.05, 3.63) is 109 Å². The van der Waals surface area contributed by atoms with E-state index < -0.39 is 0 Å². The summed E-state index contributed by atoms with van der Waals surface area (Å²) in [6.45, 7) is 2.10. The number of hydrogen-bond donors (Lipinski definition) is 0. The highest BCUT2D eigenvalue weighted by atomic mass is 16.5. The molecule has 0 aromatic heterocycles. The summed E-state index contributed by atoms with van der Waals surface area (Å²) in [6, 6.07) is 38.2. The molecule has 0 radical (unpaired) electrons. The molecule has 9 rings (SSSR count). The normalized spacial score (nSPS) is 12.3. The van der Waals surface area contributed by atoms with Crippen LogP contribution in [0.25, 0.3) is 86.5 Å². The topological polar surface area (TPSA) is 18.5 Å². The lowest BCUT2D eigenvalue weighted by atomic mass is 9.81. The summed E-state index contributed by atoms with van der Waals surface area (Å²) >= 11 is 0. The third-order valence-corrected chi connectivity index (χ3v) is 9.26. The number of rotatable bonds is 3. The Bertz CT molecular complexity index is 2500. The lowest BCUT2D eigenvalue weighted by Crippen LogP contribution is -1.94. The summed E-state index contributed by atoms with van der Waals surface area (Å²) in [5, 5.41) is 18.3. The molecular formula is C39H26O2. The zero-order chi connectivity index (χ0) is 27.4. The van der Waals surface area contributed by atoms with Crippen LogP contribution >= 0.6 is 0 Å². The van der Waals surface area contributed by atoms with Gasteiger partial charge in [0, 0.05) is 0 Å². The van der Waals surface area contributed by atoms with Gasteiger partial charge in [0.1, 0.15) is 11.5 Å². The van der Waals surface area contributed by atoms with Gasteiger partial charge in [0.2, 0.25) is 0 Å². The van der Waals surface area contributed by atoms with Gasteiger partial charge in [-0.2, -0.15) is 0 Å². The molecule has 0 fully saturated rings. The van der Waals surface area contributed by atoms with Crippen molar-refractivity contribution in [2.24, 2.45) is 0 Å². The van der Waals surface area contributed by atoms with Crippen LogP contribution in [0.4, 0.5) is 0 Å². The van der Waals surface area contributed by atoms with E-state index in [4.69, 9.17) is 9.47 Å². The average molecular weight is 527 g/mol. The molecule has 9 aromatic rings. The molecule has 2 nitrogen and oxygen atoms in total. The molecular weight excluding hydrogens is 500 g/mol. The van der Waals surface area contributed by atoms with Gasteiger partial charge < -0.3 is 9.47 Å².